The predicted molar refractivity (Wildman–Crippen MR) is 91.9 cm³/mol. The minimum Gasteiger partial charge on any atom is -0.307 e. The number of halogens is 1. The number of anilines is 1. The molecular weight excluding hydrogens is 382 g/mol. The molecule has 0 aliphatic carbocycles. The molecule has 0 saturated carbocycles. The number of carbonyl (C=O) groups excluding carboxylic acids is 1. The molecule has 6 nitrogen and oxygen atoms in total. The zero-order valence-corrected chi connectivity index (χ0v) is 15.3. The largest absolute Gasteiger partial charge is 0.307 e. The first kappa shape index (κ1) is 17.6. The number of pyridine rings is 1. The normalized spacial score (nSPS) is 11.5. The van der Waals surface area contributed by atoms with Crippen molar-refractivity contribution in [3.05, 3.63) is 52.1 Å². The van der Waals surface area contributed by atoms with Gasteiger partial charge in [0.25, 0.3) is 5.91 Å². The lowest BCUT2D eigenvalue weighted by Crippen LogP contribution is -2.22. The number of nitrogens with zero attached hydrogens (tertiary/aromatic N) is 2. The second kappa shape index (κ2) is 6.77. The highest BCUT2D eigenvalue weighted by Gasteiger charge is 2.17. The lowest BCUT2D eigenvalue weighted by molar-refractivity contribution is 0.102. The number of hydrogen-bond donors (Lipinski definition) is 1. The molecule has 0 radical (unpaired) electrons. The van der Waals surface area contributed by atoms with E-state index in [1.807, 2.05) is 6.92 Å². The van der Waals surface area contributed by atoms with Crippen LogP contribution in [0.1, 0.15) is 15.9 Å². The summed E-state index contributed by atoms with van der Waals surface area (Å²) < 4.78 is 25.9. The van der Waals surface area contributed by atoms with Crippen molar-refractivity contribution < 1.29 is 13.2 Å². The molecule has 0 aliphatic heterocycles. The number of rotatable bonds is 4. The van der Waals surface area contributed by atoms with Crippen LogP contribution in [-0.2, 0) is 10.0 Å². The molecule has 2 aromatic rings. The van der Waals surface area contributed by atoms with Gasteiger partial charge >= 0.3 is 0 Å². The van der Waals surface area contributed by atoms with Gasteiger partial charge in [0, 0.05) is 30.3 Å². The lowest BCUT2D eigenvalue weighted by Gasteiger charge is -2.11. The zero-order chi connectivity index (χ0) is 17.2. The molecule has 1 amide bonds. The summed E-state index contributed by atoms with van der Waals surface area (Å²) >= 11 is 3.34. The smallest absolute Gasteiger partial charge is 0.256 e. The molecule has 1 aromatic carbocycles. The Bertz CT molecular complexity index is 834. The van der Waals surface area contributed by atoms with Gasteiger partial charge in [-0.05, 0) is 58.7 Å². The molecule has 0 aliphatic rings. The lowest BCUT2D eigenvalue weighted by atomic mass is 10.2. The molecule has 0 spiro atoms. The van der Waals surface area contributed by atoms with Crippen molar-refractivity contribution in [3.8, 4) is 0 Å². The maximum atomic E-state index is 12.2. The Morgan fingerprint density at radius 2 is 1.83 bits per heavy atom. The van der Waals surface area contributed by atoms with Crippen LogP contribution in [0.4, 0.5) is 5.82 Å². The van der Waals surface area contributed by atoms with Gasteiger partial charge in [-0.15, -0.1) is 0 Å². The van der Waals surface area contributed by atoms with E-state index in [-0.39, 0.29) is 10.8 Å². The van der Waals surface area contributed by atoms with Crippen LogP contribution >= 0.6 is 15.9 Å². The van der Waals surface area contributed by atoms with Gasteiger partial charge in [-0.3, -0.25) is 4.79 Å². The molecule has 0 fully saturated rings. The van der Waals surface area contributed by atoms with Crippen LogP contribution in [0.25, 0.3) is 0 Å². The second-order valence-electron chi connectivity index (χ2n) is 5.08. The number of benzene rings is 1. The van der Waals surface area contributed by atoms with Gasteiger partial charge in [0.15, 0.2) is 0 Å². The number of nitrogens with one attached hydrogen (secondary N) is 1. The van der Waals surface area contributed by atoms with Crippen molar-refractivity contribution in [2.75, 3.05) is 19.4 Å². The fourth-order valence-corrected chi connectivity index (χ4v) is 2.90. The number of carbonyl (C=O) groups is 1. The fourth-order valence-electron chi connectivity index (χ4n) is 1.79. The summed E-state index contributed by atoms with van der Waals surface area (Å²) in [6.07, 6.45) is 1.61. The first-order valence-corrected chi connectivity index (χ1v) is 8.91. The van der Waals surface area contributed by atoms with Crippen LogP contribution in [0.2, 0.25) is 0 Å². The summed E-state index contributed by atoms with van der Waals surface area (Å²) in [5.74, 6) is 0.0775. The van der Waals surface area contributed by atoms with Gasteiger partial charge < -0.3 is 5.32 Å². The Kier molecular flexibility index (Phi) is 5.18. The highest BCUT2D eigenvalue weighted by molar-refractivity contribution is 9.10. The fraction of sp³-hybridized carbons (Fsp3) is 0.200. The SMILES string of the molecule is Cc1cc(NC(=O)c2ccc(S(=O)(=O)N(C)C)cc2)ncc1Br. The maximum Gasteiger partial charge on any atom is 0.256 e. The number of sulfonamides is 1. The van der Waals surface area contributed by atoms with E-state index in [9.17, 15) is 13.2 Å². The van der Waals surface area contributed by atoms with Crippen molar-refractivity contribution >= 4 is 37.7 Å². The number of aromatic nitrogens is 1. The number of amides is 1. The van der Waals surface area contributed by atoms with E-state index >= 15 is 0 Å². The highest BCUT2D eigenvalue weighted by atomic mass is 79.9. The van der Waals surface area contributed by atoms with Gasteiger partial charge in [0.2, 0.25) is 10.0 Å². The summed E-state index contributed by atoms with van der Waals surface area (Å²) in [5, 5.41) is 2.68. The Morgan fingerprint density at radius 1 is 1.22 bits per heavy atom. The van der Waals surface area contributed by atoms with Crippen molar-refractivity contribution in [3.63, 3.8) is 0 Å². The molecule has 2 rings (SSSR count). The van der Waals surface area contributed by atoms with E-state index in [1.54, 1.807) is 12.3 Å². The Hall–Kier alpha value is -1.77. The molecule has 1 aromatic heterocycles. The minimum atomic E-state index is -3.50. The van der Waals surface area contributed by atoms with Crippen LogP contribution in [-0.4, -0.2) is 37.7 Å². The third kappa shape index (κ3) is 3.95. The molecule has 0 atom stereocenters. The summed E-state index contributed by atoms with van der Waals surface area (Å²) in [7, 11) is -0.593. The third-order valence-electron chi connectivity index (χ3n) is 3.18. The van der Waals surface area contributed by atoms with E-state index in [0.717, 1.165) is 14.3 Å². The van der Waals surface area contributed by atoms with Gasteiger partial charge in [-0.2, -0.15) is 0 Å². The Labute approximate surface area is 143 Å². The standard InChI is InChI=1S/C15H16BrN3O3S/c1-10-8-14(17-9-13(10)16)18-15(20)11-4-6-12(7-5-11)23(21,22)19(2)3/h4-9H,1-3H3,(H,17,18,20). The topological polar surface area (TPSA) is 79.4 Å². The van der Waals surface area contributed by atoms with Crippen LogP contribution in [0, 0.1) is 6.92 Å². The zero-order valence-electron chi connectivity index (χ0n) is 12.9. The van der Waals surface area contributed by atoms with E-state index in [2.05, 4.69) is 26.2 Å². The molecule has 1 heterocycles. The molecule has 8 heteroatoms. The van der Waals surface area contributed by atoms with Crippen molar-refractivity contribution in [1.29, 1.82) is 0 Å². The molecule has 23 heavy (non-hydrogen) atoms. The predicted octanol–water partition coefficient (Wildman–Crippen LogP) is 2.66. The second-order valence-corrected chi connectivity index (χ2v) is 8.09. The Morgan fingerprint density at radius 3 is 2.35 bits per heavy atom. The van der Waals surface area contributed by atoms with Crippen molar-refractivity contribution in [2.45, 2.75) is 11.8 Å². The van der Waals surface area contributed by atoms with Crippen LogP contribution in [0.3, 0.4) is 0 Å². The average Bonchev–Trinajstić information content (AvgIpc) is 2.51. The van der Waals surface area contributed by atoms with E-state index in [1.165, 1.54) is 38.4 Å². The third-order valence-corrected chi connectivity index (χ3v) is 5.84. The quantitative estimate of drug-likeness (QED) is 0.859. The minimum absolute atomic E-state index is 0.136. The van der Waals surface area contributed by atoms with Crippen LogP contribution in [0.15, 0.2) is 45.9 Å². The first-order chi connectivity index (χ1) is 10.7. The van der Waals surface area contributed by atoms with Crippen LogP contribution in [0.5, 0.6) is 0 Å². The number of aryl methyl sites for hydroxylation is 1. The van der Waals surface area contributed by atoms with Crippen molar-refractivity contribution in [2.24, 2.45) is 0 Å². The molecular formula is C15H16BrN3O3S. The molecule has 122 valence electrons. The monoisotopic (exact) mass is 397 g/mol. The van der Waals surface area contributed by atoms with Crippen LogP contribution < -0.4 is 5.32 Å². The van der Waals surface area contributed by atoms with E-state index < -0.39 is 10.0 Å². The molecule has 0 unspecified atom stereocenters. The molecule has 0 saturated heterocycles. The Balaban J connectivity index is 2.19. The molecule has 0 bridgehead atoms. The van der Waals surface area contributed by atoms with Gasteiger partial charge in [0.1, 0.15) is 5.82 Å². The summed E-state index contributed by atoms with van der Waals surface area (Å²) in [4.78, 5) is 16.4. The van der Waals surface area contributed by atoms with Gasteiger partial charge in [-0.1, -0.05) is 0 Å². The van der Waals surface area contributed by atoms with Gasteiger partial charge in [-0.25, -0.2) is 17.7 Å². The molecule has 1 N–H and O–H groups in total. The van der Waals surface area contributed by atoms with Gasteiger partial charge in [0.05, 0.1) is 4.90 Å². The van der Waals surface area contributed by atoms with Crippen molar-refractivity contribution in [1.82, 2.24) is 9.29 Å². The maximum absolute atomic E-state index is 12.2. The number of hydrogen-bond acceptors (Lipinski definition) is 4. The summed E-state index contributed by atoms with van der Waals surface area (Å²) in [6, 6.07) is 7.50. The first-order valence-electron chi connectivity index (χ1n) is 6.68. The van der Waals surface area contributed by atoms with E-state index in [4.69, 9.17) is 0 Å². The summed E-state index contributed by atoms with van der Waals surface area (Å²) in [5.41, 5.74) is 1.30. The van der Waals surface area contributed by atoms with E-state index in [0.29, 0.717) is 11.4 Å². The summed E-state index contributed by atoms with van der Waals surface area (Å²) in [6.45, 7) is 1.89. The highest BCUT2D eigenvalue weighted by Crippen LogP contribution is 2.18. The average molecular weight is 398 g/mol.